The molecule has 2 N–H and O–H groups in total. The van der Waals surface area contributed by atoms with Crippen molar-refractivity contribution in [3.8, 4) is 0 Å². The predicted octanol–water partition coefficient (Wildman–Crippen LogP) is 1.42. The van der Waals surface area contributed by atoms with E-state index in [-0.39, 0.29) is 0 Å². The molecule has 0 fully saturated rings. The molecule has 1 heterocycles. The summed E-state index contributed by atoms with van der Waals surface area (Å²) < 4.78 is 1.95. The Labute approximate surface area is 105 Å². The van der Waals surface area contributed by atoms with Gasteiger partial charge in [-0.2, -0.15) is 5.10 Å². The van der Waals surface area contributed by atoms with E-state index in [1.165, 1.54) is 11.3 Å². The highest BCUT2D eigenvalue weighted by atomic mass is 15.3. The largest absolute Gasteiger partial charge is 0.330 e. The normalized spacial score (nSPS) is 13.4. The lowest BCUT2D eigenvalue weighted by Crippen LogP contribution is -2.32. The Balaban J connectivity index is 2.93. The van der Waals surface area contributed by atoms with Crippen molar-refractivity contribution in [1.29, 1.82) is 0 Å². The molecule has 0 amide bonds. The molecule has 1 unspecified atom stereocenters. The highest BCUT2D eigenvalue weighted by Crippen LogP contribution is 2.23. The van der Waals surface area contributed by atoms with Gasteiger partial charge in [0.05, 0.1) is 5.69 Å². The van der Waals surface area contributed by atoms with E-state index in [0.717, 1.165) is 25.3 Å². The van der Waals surface area contributed by atoms with Crippen LogP contribution >= 0.6 is 0 Å². The third-order valence-electron chi connectivity index (χ3n) is 3.63. The van der Waals surface area contributed by atoms with Gasteiger partial charge in [-0.1, -0.05) is 13.8 Å². The van der Waals surface area contributed by atoms with Crippen molar-refractivity contribution in [1.82, 2.24) is 14.7 Å². The Bertz CT molecular complexity index is 353. The third kappa shape index (κ3) is 3.07. The van der Waals surface area contributed by atoms with Gasteiger partial charge in [0, 0.05) is 37.3 Å². The number of rotatable bonds is 6. The zero-order chi connectivity index (χ0) is 13.0. The van der Waals surface area contributed by atoms with Crippen molar-refractivity contribution in [3.05, 3.63) is 17.0 Å². The highest BCUT2D eigenvalue weighted by Gasteiger charge is 2.20. The van der Waals surface area contributed by atoms with Crippen molar-refractivity contribution in [3.63, 3.8) is 0 Å². The lowest BCUT2D eigenvalue weighted by Gasteiger charge is -2.24. The molecule has 4 heteroatoms. The zero-order valence-electron chi connectivity index (χ0n) is 11.8. The topological polar surface area (TPSA) is 47.1 Å². The minimum absolute atomic E-state index is 0.392. The molecule has 0 bridgehead atoms. The average Bonchev–Trinajstić information content (AvgIpc) is 2.56. The summed E-state index contributed by atoms with van der Waals surface area (Å²) in [5.41, 5.74) is 9.64. The van der Waals surface area contributed by atoms with Crippen LogP contribution in [0.3, 0.4) is 0 Å². The minimum atomic E-state index is 0.392. The quantitative estimate of drug-likeness (QED) is 0.815. The molecule has 98 valence electrons. The van der Waals surface area contributed by atoms with Gasteiger partial charge in [0.15, 0.2) is 0 Å². The van der Waals surface area contributed by atoms with Crippen LogP contribution in [0.1, 0.15) is 36.7 Å². The van der Waals surface area contributed by atoms with Gasteiger partial charge >= 0.3 is 0 Å². The van der Waals surface area contributed by atoms with Gasteiger partial charge in [0.25, 0.3) is 0 Å². The molecular formula is C13H26N4. The van der Waals surface area contributed by atoms with E-state index < -0.39 is 0 Å². The molecule has 0 aliphatic rings. The fraction of sp³-hybridized carbons (Fsp3) is 0.769. The van der Waals surface area contributed by atoms with Crippen molar-refractivity contribution in [2.75, 3.05) is 26.2 Å². The maximum absolute atomic E-state index is 5.95. The Kier molecular flexibility index (Phi) is 5.15. The van der Waals surface area contributed by atoms with E-state index >= 15 is 0 Å². The molecule has 1 atom stereocenters. The number of aromatic nitrogens is 2. The first kappa shape index (κ1) is 14.2. The van der Waals surface area contributed by atoms with E-state index in [1.807, 2.05) is 11.7 Å². The van der Waals surface area contributed by atoms with Crippen LogP contribution in [0.25, 0.3) is 0 Å². The Morgan fingerprint density at radius 2 is 1.88 bits per heavy atom. The second-order valence-corrected chi connectivity index (χ2v) is 4.63. The molecular weight excluding hydrogens is 212 g/mol. The molecule has 1 aromatic heterocycles. The van der Waals surface area contributed by atoms with E-state index in [2.05, 4.69) is 37.7 Å². The van der Waals surface area contributed by atoms with Crippen LogP contribution in [0.5, 0.6) is 0 Å². The molecule has 0 aromatic carbocycles. The summed E-state index contributed by atoms with van der Waals surface area (Å²) in [4.78, 5) is 2.42. The number of nitrogens with zero attached hydrogens (tertiary/aromatic N) is 3. The van der Waals surface area contributed by atoms with Crippen LogP contribution in [-0.4, -0.2) is 40.9 Å². The predicted molar refractivity (Wildman–Crippen MR) is 72.3 cm³/mol. The fourth-order valence-corrected chi connectivity index (χ4v) is 2.46. The van der Waals surface area contributed by atoms with E-state index in [1.54, 1.807) is 0 Å². The molecule has 0 radical (unpaired) electrons. The van der Waals surface area contributed by atoms with Gasteiger partial charge in [-0.25, -0.2) is 0 Å². The number of hydrogen-bond acceptors (Lipinski definition) is 3. The summed E-state index contributed by atoms with van der Waals surface area (Å²) in [6, 6.07) is 0. The van der Waals surface area contributed by atoms with Crippen LogP contribution < -0.4 is 5.73 Å². The zero-order valence-corrected chi connectivity index (χ0v) is 11.8. The Morgan fingerprint density at radius 3 is 2.24 bits per heavy atom. The number of aryl methyl sites for hydroxylation is 2. The molecule has 0 spiro atoms. The van der Waals surface area contributed by atoms with Crippen molar-refractivity contribution >= 4 is 0 Å². The summed E-state index contributed by atoms with van der Waals surface area (Å²) in [5, 5.41) is 4.48. The smallest absolute Gasteiger partial charge is 0.0632 e. The van der Waals surface area contributed by atoms with Gasteiger partial charge in [0.2, 0.25) is 0 Å². The van der Waals surface area contributed by atoms with Crippen LogP contribution in [0.4, 0.5) is 0 Å². The molecule has 0 aliphatic carbocycles. The summed E-state index contributed by atoms with van der Waals surface area (Å²) >= 11 is 0. The van der Waals surface area contributed by atoms with Gasteiger partial charge in [-0.05, 0) is 26.9 Å². The van der Waals surface area contributed by atoms with Gasteiger partial charge in [0.1, 0.15) is 0 Å². The first-order valence-electron chi connectivity index (χ1n) is 6.47. The molecule has 17 heavy (non-hydrogen) atoms. The summed E-state index contributed by atoms with van der Waals surface area (Å²) in [6.07, 6.45) is 0. The summed E-state index contributed by atoms with van der Waals surface area (Å²) in [6.45, 7) is 12.4. The monoisotopic (exact) mass is 238 g/mol. The Hall–Kier alpha value is -0.870. The maximum Gasteiger partial charge on any atom is 0.0632 e. The van der Waals surface area contributed by atoms with Crippen LogP contribution in [-0.2, 0) is 7.05 Å². The van der Waals surface area contributed by atoms with Crippen molar-refractivity contribution in [2.24, 2.45) is 12.8 Å². The standard InChI is InChI=1S/C13H26N4/c1-6-17(7-2)9-12(8-14)13-10(3)15-16(5)11(13)4/h12H,6-9,14H2,1-5H3. The number of nitrogens with two attached hydrogens (primary N) is 1. The first-order chi connectivity index (χ1) is 8.04. The van der Waals surface area contributed by atoms with Crippen molar-refractivity contribution in [2.45, 2.75) is 33.6 Å². The van der Waals surface area contributed by atoms with E-state index in [9.17, 15) is 0 Å². The van der Waals surface area contributed by atoms with Crippen molar-refractivity contribution < 1.29 is 0 Å². The molecule has 1 rings (SSSR count). The molecule has 0 saturated heterocycles. The third-order valence-corrected chi connectivity index (χ3v) is 3.63. The molecule has 1 aromatic rings. The molecule has 0 aliphatic heterocycles. The van der Waals surface area contributed by atoms with Crippen LogP contribution in [0.2, 0.25) is 0 Å². The highest BCUT2D eigenvalue weighted by molar-refractivity contribution is 5.29. The minimum Gasteiger partial charge on any atom is -0.330 e. The van der Waals surface area contributed by atoms with Gasteiger partial charge in [-0.3, -0.25) is 4.68 Å². The van der Waals surface area contributed by atoms with Crippen LogP contribution in [0, 0.1) is 13.8 Å². The summed E-state index contributed by atoms with van der Waals surface area (Å²) in [5.74, 6) is 0.392. The molecule has 0 saturated carbocycles. The Morgan fingerprint density at radius 1 is 1.29 bits per heavy atom. The second-order valence-electron chi connectivity index (χ2n) is 4.63. The SMILES string of the molecule is CCN(CC)CC(CN)c1c(C)nn(C)c1C. The number of likely N-dealkylation sites (N-methyl/N-ethyl adjacent to an activating group) is 1. The van der Waals surface area contributed by atoms with E-state index in [4.69, 9.17) is 5.73 Å². The number of hydrogen-bond donors (Lipinski definition) is 1. The lowest BCUT2D eigenvalue weighted by atomic mass is 9.96. The maximum atomic E-state index is 5.95. The fourth-order valence-electron chi connectivity index (χ4n) is 2.46. The van der Waals surface area contributed by atoms with Gasteiger partial charge in [-0.15, -0.1) is 0 Å². The molecule has 4 nitrogen and oxygen atoms in total. The lowest BCUT2D eigenvalue weighted by molar-refractivity contribution is 0.284. The first-order valence-corrected chi connectivity index (χ1v) is 6.47. The summed E-state index contributed by atoms with van der Waals surface area (Å²) in [7, 11) is 2.00. The van der Waals surface area contributed by atoms with Gasteiger partial charge < -0.3 is 10.6 Å². The average molecular weight is 238 g/mol. The second kappa shape index (κ2) is 6.17. The van der Waals surface area contributed by atoms with Crippen LogP contribution in [0.15, 0.2) is 0 Å². The van der Waals surface area contributed by atoms with E-state index in [0.29, 0.717) is 12.5 Å².